The molecule has 1 amide bonds. The predicted molar refractivity (Wildman–Crippen MR) is 34.4 cm³/mol. The normalized spacial score (nSPS) is 16.8. The van der Waals surface area contributed by atoms with Gasteiger partial charge in [0.2, 0.25) is 5.91 Å². The molecule has 1 radical (unpaired) electrons. The largest absolute Gasteiger partial charge is 0.389 e. The van der Waals surface area contributed by atoms with Crippen molar-refractivity contribution in [2.45, 2.75) is 25.9 Å². The van der Waals surface area contributed by atoms with Gasteiger partial charge in [0.1, 0.15) is 0 Å². The molecule has 0 aliphatic rings. The standard InChI is InChI=1S/C6H12NO2/c1-3-6(2,9)4-5(7)8/h3,9H,4H2,1-2H3,(H2,7,8)/t6-/m0/s1. The lowest BCUT2D eigenvalue weighted by atomic mass is 9.99. The minimum Gasteiger partial charge on any atom is -0.389 e. The van der Waals surface area contributed by atoms with Gasteiger partial charge in [0.25, 0.3) is 0 Å². The molecule has 1 atom stereocenters. The van der Waals surface area contributed by atoms with Gasteiger partial charge in [-0.25, -0.2) is 0 Å². The summed E-state index contributed by atoms with van der Waals surface area (Å²) >= 11 is 0. The van der Waals surface area contributed by atoms with E-state index in [1.54, 1.807) is 6.92 Å². The monoisotopic (exact) mass is 130 g/mol. The van der Waals surface area contributed by atoms with Gasteiger partial charge in [-0.2, -0.15) is 0 Å². The lowest BCUT2D eigenvalue weighted by molar-refractivity contribution is -0.121. The molecule has 0 aliphatic carbocycles. The van der Waals surface area contributed by atoms with Crippen LogP contribution >= 0.6 is 0 Å². The summed E-state index contributed by atoms with van der Waals surface area (Å²) in [6.07, 6.45) is 1.53. The van der Waals surface area contributed by atoms with E-state index in [1.165, 1.54) is 13.3 Å². The second-order valence-electron chi connectivity index (χ2n) is 2.29. The number of amides is 1. The average Bonchev–Trinajstić information content (AvgIpc) is 1.63. The second kappa shape index (κ2) is 2.82. The Hall–Kier alpha value is -0.570. The molecule has 53 valence electrons. The molecule has 0 saturated carbocycles. The lowest BCUT2D eigenvalue weighted by Gasteiger charge is -2.17. The highest BCUT2D eigenvalue weighted by molar-refractivity contribution is 5.75. The summed E-state index contributed by atoms with van der Waals surface area (Å²) in [6.45, 7) is 3.22. The second-order valence-corrected chi connectivity index (χ2v) is 2.29. The molecule has 0 aliphatic heterocycles. The fraction of sp³-hybridized carbons (Fsp3) is 0.667. The average molecular weight is 130 g/mol. The van der Waals surface area contributed by atoms with Crippen LogP contribution in [0.25, 0.3) is 0 Å². The molecule has 0 unspecified atom stereocenters. The van der Waals surface area contributed by atoms with Crippen LogP contribution in [0.15, 0.2) is 0 Å². The fourth-order valence-electron chi connectivity index (χ4n) is 0.455. The van der Waals surface area contributed by atoms with Crippen molar-refractivity contribution in [3.05, 3.63) is 6.42 Å². The minimum absolute atomic E-state index is 0.0104. The van der Waals surface area contributed by atoms with Crippen LogP contribution in [-0.2, 0) is 4.79 Å². The van der Waals surface area contributed by atoms with E-state index in [0.29, 0.717) is 0 Å². The van der Waals surface area contributed by atoms with Gasteiger partial charge in [0, 0.05) is 0 Å². The van der Waals surface area contributed by atoms with Crippen molar-refractivity contribution in [2.75, 3.05) is 0 Å². The maximum Gasteiger partial charge on any atom is 0.220 e. The molecule has 0 aromatic carbocycles. The SMILES string of the molecule is C[CH][C@](C)(O)CC(N)=O. The zero-order valence-electron chi connectivity index (χ0n) is 5.72. The van der Waals surface area contributed by atoms with Crippen molar-refractivity contribution >= 4 is 5.91 Å². The summed E-state index contributed by atoms with van der Waals surface area (Å²) in [5.74, 6) is -0.488. The predicted octanol–water partition coefficient (Wildman–Crippen LogP) is -0.163. The maximum atomic E-state index is 10.2. The topological polar surface area (TPSA) is 63.3 Å². The van der Waals surface area contributed by atoms with Crippen LogP contribution in [0.5, 0.6) is 0 Å². The third-order valence-corrected chi connectivity index (χ3v) is 1.15. The first-order chi connectivity index (χ1) is 3.98. The minimum atomic E-state index is -1.04. The Kier molecular flexibility index (Phi) is 2.65. The van der Waals surface area contributed by atoms with E-state index >= 15 is 0 Å². The lowest BCUT2D eigenvalue weighted by Crippen LogP contribution is -2.30. The highest BCUT2D eigenvalue weighted by atomic mass is 16.3. The number of carbonyl (C=O) groups excluding carboxylic acids is 1. The first-order valence-electron chi connectivity index (χ1n) is 2.79. The molecule has 0 heterocycles. The van der Waals surface area contributed by atoms with Gasteiger partial charge in [-0.3, -0.25) is 4.79 Å². The van der Waals surface area contributed by atoms with Crippen LogP contribution in [-0.4, -0.2) is 16.6 Å². The molecule has 0 aromatic heterocycles. The van der Waals surface area contributed by atoms with Crippen molar-refractivity contribution in [1.82, 2.24) is 0 Å². The van der Waals surface area contributed by atoms with E-state index in [2.05, 4.69) is 0 Å². The summed E-state index contributed by atoms with van der Waals surface area (Å²) < 4.78 is 0. The van der Waals surface area contributed by atoms with Crippen LogP contribution in [0, 0.1) is 6.42 Å². The Balaban J connectivity index is 3.71. The van der Waals surface area contributed by atoms with Gasteiger partial charge in [-0.15, -0.1) is 0 Å². The zero-order chi connectivity index (χ0) is 7.49. The molecule has 0 fully saturated rings. The highest BCUT2D eigenvalue weighted by Gasteiger charge is 2.19. The smallest absolute Gasteiger partial charge is 0.220 e. The number of hydrogen-bond donors (Lipinski definition) is 2. The molecule has 0 spiro atoms. The van der Waals surface area contributed by atoms with E-state index in [-0.39, 0.29) is 6.42 Å². The number of primary amides is 1. The Morgan fingerprint density at radius 1 is 1.89 bits per heavy atom. The van der Waals surface area contributed by atoms with Gasteiger partial charge in [-0.1, -0.05) is 6.92 Å². The number of carbonyl (C=O) groups is 1. The maximum absolute atomic E-state index is 10.2. The molecule has 3 nitrogen and oxygen atoms in total. The molecule has 0 aromatic rings. The molecular formula is C6H12NO2. The van der Waals surface area contributed by atoms with Crippen molar-refractivity contribution in [3.8, 4) is 0 Å². The van der Waals surface area contributed by atoms with E-state index in [0.717, 1.165) is 0 Å². The van der Waals surface area contributed by atoms with E-state index in [9.17, 15) is 4.79 Å². The van der Waals surface area contributed by atoms with Gasteiger partial charge < -0.3 is 10.8 Å². The molecule has 3 N–H and O–H groups in total. The Morgan fingerprint density at radius 2 is 2.33 bits per heavy atom. The van der Waals surface area contributed by atoms with Crippen LogP contribution in [0.4, 0.5) is 0 Å². The van der Waals surface area contributed by atoms with Crippen LogP contribution < -0.4 is 5.73 Å². The van der Waals surface area contributed by atoms with E-state index < -0.39 is 11.5 Å². The van der Waals surface area contributed by atoms with E-state index in [1.807, 2.05) is 0 Å². The van der Waals surface area contributed by atoms with Gasteiger partial charge in [0.05, 0.1) is 12.0 Å². The van der Waals surface area contributed by atoms with Crippen LogP contribution in [0.1, 0.15) is 20.3 Å². The first kappa shape index (κ1) is 8.43. The Bertz CT molecular complexity index is 110. The number of rotatable bonds is 3. The Morgan fingerprint density at radius 3 is 2.44 bits per heavy atom. The quantitative estimate of drug-likeness (QED) is 0.557. The summed E-state index contributed by atoms with van der Waals surface area (Å²) in [6, 6.07) is 0. The Labute approximate surface area is 54.9 Å². The zero-order valence-corrected chi connectivity index (χ0v) is 5.72. The molecule has 0 rings (SSSR count). The molecule has 3 heteroatoms. The molecule has 0 saturated heterocycles. The summed E-state index contributed by atoms with van der Waals surface area (Å²) in [4.78, 5) is 10.2. The third kappa shape index (κ3) is 3.97. The first-order valence-corrected chi connectivity index (χ1v) is 2.79. The van der Waals surface area contributed by atoms with Crippen molar-refractivity contribution in [1.29, 1.82) is 0 Å². The summed E-state index contributed by atoms with van der Waals surface area (Å²) in [7, 11) is 0. The summed E-state index contributed by atoms with van der Waals surface area (Å²) in [5, 5.41) is 9.14. The molecule has 0 bridgehead atoms. The third-order valence-electron chi connectivity index (χ3n) is 1.15. The van der Waals surface area contributed by atoms with E-state index in [4.69, 9.17) is 10.8 Å². The van der Waals surface area contributed by atoms with Crippen LogP contribution in [0.2, 0.25) is 0 Å². The van der Waals surface area contributed by atoms with Crippen molar-refractivity contribution in [3.63, 3.8) is 0 Å². The van der Waals surface area contributed by atoms with Crippen molar-refractivity contribution < 1.29 is 9.90 Å². The van der Waals surface area contributed by atoms with Gasteiger partial charge in [-0.05, 0) is 13.3 Å². The molecular weight excluding hydrogens is 118 g/mol. The van der Waals surface area contributed by atoms with Gasteiger partial charge >= 0.3 is 0 Å². The number of nitrogens with two attached hydrogens (primary N) is 1. The summed E-state index contributed by atoms with van der Waals surface area (Å²) in [5.41, 5.74) is 3.80. The van der Waals surface area contributed by atoms with Crippen molar-refractivity contribution in [2.24, 2.45) is 5.73 Å². The number of hydrogen-bond acceptors (Lipinski definition) is 2. The number of aliphatic hydroxyl groups is 1. The van der Waals surface area contributed by atoms with Gasteiger partial charge in [0.15, 0.2) is 0 Å². The molecule has 9 heavy (non-hydrogen) atoms. The van der Waals surface area contributed by atoms with Crippen LogP contribution in [0.3, 0.4) is 0 Å². The fourth-order valence-corrected chi connectivity index (χ4v) is 0.455. The highest BCUT2D eigenvalue weighted by Crippen LogP contribution is 2.10.